The Bertz CT molecular complexity index is 1230. The van der Waals surface area contributed by atoms with Crippen LogP contribution in [-0.4, -0.2) is 13.0 Å². The Balaban J connectivity index is 1.82. The Morgan fingerprint density at radius 2 is 1.79 bits per heavy atom. The van der Waals surface area contributed by atoms with E-state index < -0.39 is 5.91 Å². The first-order valence-electron chi connectivity index (χ1n) is 10.0. The van der Waals surface area contributed by atoms with Gasteiger partial charge in [-0.3, -0.25) is 4.79 Å². The van der Waals surface area contributed by atoms with Gasteiger partial charge in [0.2, 0.25) is 0 Å². The molecule has 0 radical (unpaired) electrons. The Morgan fingerprint density at radius 3 is 2.39 bits per heavy atom. The van der Waals surface area contributed by atoms with Gasteiger partial charge in [-0.05, 0) is 90.0 Å². The number of hydrogen-bond donors (Lipinski definition) is 1. The van der Waals surface area contributed by atoms with Crippen molar-refractivity contribution in [1.82, 2.24) is 0 Å². The minimum atomic E-state index is -0.482. The lowest BCUT2D eigenvalue weighted by atomic mass is 10.1. The monoisotopic (exact) mass is 616 g/mol. The maximum absolute atomic E-state index is 12.6. The molecule has 0 saturated carbocycles. The molecule has 1 amide bonds. The minimum absolute atomic E-state index is 0.0142. The molecule has 1 N–H and O–H groups in total. The topological polar surface area (TPSA) is 71.3 Å². The highest BCUT2D eigenvalue weighted by Crippen LogP contribution is 2.35. The predicted octanol–water partition coefficient (Wildman–Crippen LogP) is 6.80. The summed E-state index contributed by atoms with van der Waals surface area (Å²) in [6.45, 7) is 4.52. The van der Waals surface area contributed by atoms with Crippen LogP contribution >= 0.6 is 38.5 Å². The highest BCUT2D eigenvalue weighted by atomic mass is 127. The molecule has 0 heterocycles. The molecule has 0 saturated heterocycles. The van der Waals surface area contributed by atoms with E-state index in [1.54, 1.807) is 25.3 Å². The van der Waals surface area contributed by atoms with Crippen molar-refractivity contribution in [2.75, 3.05) is 12.4 Å². The molecular weight excluding hydrogens is 595 g/mol. The fraction of sp³-hybridized carbons (Fsp3) is 0.154. The zero-order chi connectivity index (χ0) is 24.0. The van der Waals surface area contributed by atoms with Gasteiger partial charge in [0.1, 0.15) is 18.2 Å². The van der Waals surface area contributed by atoms with Crippen molar-refractivity contribution in [2.45, 2.75) is 20.5 Å². The number of nitrogens with one attached hydrogen (secondary N) is 1. The third kappa shape index (κ3) is 6.83. The van der Waals surface area contributed by atoms with Crippen LogP contribution in [0.3, 0.4) is 0 Å². The lowest BCUT2D eigenvalue weighted by Gasteiger charge is -2.14. The van der Waals surface area contributed by atoms with Gasteiger partial charge in [-0.25, -0.2) is 0 Å². The second-order valence-corrected chi connectivity index (χ2v) is 9.53. The maximum Gasteiger partial charge on any atom is 0.266 e. The molecule has 0 aliphatic heterocycles. The number of nitrogens with zero attached hydrogens (tertiary/aromatic N) is 1. The van der Waals surface area contributed by atoms with Gasteiger partial charge >= 0.3 is 0 Å². The van der Waals surface area contributed by atoms with E-state index in [-0.39, 0.29) is 5.57 Å². The predicted molar refractivity (Wildman–Crippen MR) is 142 cm³/mol. The van der Waals surface area contributed by atoms with Gasteiger partial charge in [0, 0.05) is 10.2 Å². The summed E-state index contributed by atoms with van der Waals surface area (Å²) in [6, 6.07) is 19.0. The summed E-state index contributed by atoms with van der Waals surface area (Å²) < 4.78 is 13.3. The van der Waals surface area contributed by atoms with Gasteiger partial charge in [0.25, 0.3) is 5.91 Å². The number of carbonyl (C=O) groups excluding carboxylic acids is 1. The van der Waals surface area contributed by atoms with Crippen LogP contribution in [0, 0.1) is 28.7 Å². The van der Waals surface area contributed by atoms with Gasteiger partial charge in [0.15, 0.2) is 11.5 Å². The summed E-state index contributed by atoms with van der Waals surface area (Å²) in [7, 11) is 1.56. The van der Waals surface area contributed by atoms with Crippen molar-refractivity contribution < 1.29 is 14.3 Å². The molecule has 0 aromatic heterocycles. The molecule has 0 atom stereocenters. The Labute approximate surface area is 215 Å². The van der Waals surface area contributed by atoms with E-state index >= 15 is 0 Å². The van der Waals surface area contributed by atoms with Gasteiger partial charge in [-0.1, -0.05) is 45.3 Å². The number of hydrogen-bond acceptors (Lipinski definition) is 4. The fourth-order valence-electron chi connectivity index (χ4n) is 3.32. The molecule has 0 spiro atoms. The largest absolute Gasteiger partial charge is 0.493 e. The van der Waals surface area contributed by atoms with E-state index in [9.17, 15) is 10.1 Å². The van der Waals surface area contributed by atoms with Gasteiger partial charge in [-0.15, -0.1) is 0 Å². The van der Waals surface area contributed by atoms with Gasteiger partial charge in [0.05, 0.1) is 10.7 Å². The average Bonchev–Trinajstić information content (AvgIpc) is 2.77. The third-order valence-corrected chi connectivity index (χ3v) is 6.02. The number of aryl methyl sites for hydroxylation is 2. The number of rotatable bonds is 7. The third-order valence-electron chi connectivity index (χ3n) is 4.69. The molecule has 0 aliphatic carbocycles. The number of carbonyl (C=O) groups is 1. The van der Waals surface area contributed by atoms with E-state index in [0.29, 0.717) is 29.4 Å². The van der Waals surface area contributed by atoms with Crippen LogP contribution in [0.4, 0.5) is 5.69 Å². The lowest BCUT2D eigenvalue weighted by Crippen LogP contribution is -2.13. The van der Waals surface area contributed by atoms with Crippen molar-refractivity contribution >= 4 is 56.2 Å². The number of nitriles is 1. The zero-order valence-electron chi connectivity index (χ0n) is 18.4. The highest BCUT2D eigenvalue weighted by molar-refractivity contribution is 14.1. The average molecular weight is 617 g/mol. The lowest BCUT2D eigenvalue weighted by molar-refractivity contribution is -0.112. The van der Waals surface area contributed by atoms with Crippen LogP contribution < -0.4 is 14.8 Å². The zero-order valence-corrected chi connectivity index (χ0v) is 22.2. The smallest absolute Gasteiger partial charge is 0.266 e. The molecule has 0 bridgehead atoms. The van der Waals surface area contributed by atoms with Crippen LogP contribution in [-0.2, 0) is 11.4 Å². The van der Waals surface area contributed by atoms with E-state index in [2.05, 4.69) is 75.9 Å². The molecule has 0 aliphatic rings. The van der Waals surface area contributed by atoms with Crippen LogP contribution in [0.5, 0.6) is 11.5 Å². The number of ether oxygens (including phenoxy) is 2. The number of halogens is 2. The first-order valence-corrected chi connectivity index (χ1v) is 11.9. The summed E-state index contributed by atoms with van der Waals surface area (Å²) in [4.78, 5) is 12.6. The van der Waals surface area contributed by atoms with Gasteiger partial charge in [-0.2, -0.15) is 5.26 Å². The summed E-state index contributed by atoms with van der Waals surface area (Å²) in [5.74, 6) is 0.666. The van der Waals surface area contributed by atoms with Crippen LogP contribution in [0.25, 0.3) is 6.08 Å². The standard InChI is InChI=1S/C26H22BrIN2O3/c1-16-8-17(2)10-19(9-16)15-33-25-23(28)12-18(13-24(25)32-3)11-20(14-29)26(31)30-22-6-4-21(27)5-7-22/h4-13H,15H2,1-3H3,(H,30,31)/b20-11+. The van der Waals surface area contributed by atoms with E-state index in [1.165, 1.54) is 17.2 Å². The molecule has 33 heavy (non-hydrogen) atoms. The summed E-state index contributed by atoms with van der Waals surface area (Å²) in [6.07, 6.45) is 1.53. The molecule has 7 heteroatoms. The summed E-state index contributed by atoms with van der Waals surface area (Å²) in [5.41, 5.74) is 4.69. The molecule has 0 unspecified atom stereocenters. The van der Waals surface area contributed by atoms with Crippen molar-refractivity contribution in [3.05, 3.63) is 90.5 Å². The Morgan fingerprint density at radius 1 is 1.12 bits per heavy atom. The molecule has 3 aromatic rings. The molecular formula is C26H22BrIN2O3. The number of anilines is 1. The van der Waals surface area contributed by atoms with E-state index in [0.717, 1.165) is 13.6 Å². The number of methoxy groups -OCH3 is 1. The fourth-order valence-corrected chi connectivity index (χ4v) is 4.36. The van der Waals surface area contributed by atoms with Crippen LogP contribution in [0.15, 0.2) is 64.6 Å². The molecule has 168 valence electrons. The number of benzene rings is 3. The molecule has 3 aromatic carbocycles. The Hall–Kier alpha value is -2.83. The van der Waals surface area contributed by atoms with E-state index in [4.69, 9.17) is 9.47 Å². The first kappa shape index (κ1) is 24.8. The van der Waals surface area contributed by atoms with Crippen molar-refractivity contribution in [2.24, 2.45) is 0 Å². The molecule has 3 rings (SSSR count). The first-order chi connectivity index (χ1) is 15.8. The molecule has 5 nitrogen and oxygen atoms in total. The van der Waals surface area contributed by atoms with Crippen molar-refractivity contribution in [3.63, 3.8) is 0 Å². The maximum atomic E-state index is 12.6. The number of amides is 1. The second kappa shape index (κ2) is 11.3. The molecule has 0 fully saturated rings. The summed E-state index contributed by atoms with van der Waals surface area (Å²) >= 11 is 5.52. The second-order valence-electron chi connectivity index (χ2n) is 7.45. The quantitative estimate of drug-likeness (QED) is 0.180. The van der Waals surface area contributed by atoms with Crippen LogP contribution in [0.2, 0.25) is 0 Å². The summed E-state index contributed by atoms with van der Waals surface area (Å²) in [5, 5.41) is 12.3. The van der Waals surface area contributed by atoms with Crippen LogP contribution in [0.1, 0.15) is 22.3 Å². The Kier molecular flexibility index (Phi) is 8.53. The van der Waals surface area contributed by atoms with Gasteiger partial charge < -0.3 is 14.8 Å². The highest BCUT2D eigenvalue weighted by Gasteiger charge is 2.14. The van der Waals surface area contributed by atoms with Crippen molar-refractivity contribution in [3.8, 4) is 17.6 Å². The van der Waals surface area contributed by atoms with E-state index in [1.807, 2.05) is 24.3 Å². The minimum Gasteiger partial charge on any atom is -0.493 e. The SMILES string of the molecule is COc1cc(/C=C(\C#N)C(=O)Nc2ccc(Br)cc2)cc(I)c1OCc1cc(C)cc(C)c1. The van der Waals surface area contributed by atoms with Crippen molar-refractivity contribution in [1.29, 1.82) is 5.26 Å². The normalized spacial score (nSPS) is 11.0.